The van der Waals surface area contributed by atoms with Crippen LogP contribution in [0.15, 0.2) is 53.0 Å². The molecule has 5 heteroatoms. The van der Waals surface area contributed by atoms with Gasteiger partial charge >= 0.3 is 0 Å². The van der Waals surface area contributed by atoms with Crippen LogP contribution in [0, 0.1) is 5.82 Å². The van der Waals surface area contributed by atoms with Gasteiger partial charge < -0.3 is 11.1 Å². The lowest BCUT2D eigenvalue weighted by molar-refractivity contribution is -0.118. The van der Waals surface area contributed by atoms with Gasteiger partial charge in [0.1, 0.15) is 11.9 Å². The van der Waals surface area contributed by atoms with Crippen molar-refractivity contribution in [2.75, 3.05) is 5.32 Å². The number of amides is 1. The summed E-state index contributed by atoms with van der Waals surface area (Å²) in [5.41, 5.74) is 6.78. The predicted octanol–water partition coefficient (Wildman–Crippen LogP) is 3.23. The number of rotatable bonds is 4. The van der Waals surface area contributed by atoms with Crippen molar-refractivity contribution in [2.24, 2.45) is 5.73 Å². The van der Waals surface area contributed by atoms with Crippen molar-refractivity contribution in [3.8, 4) is 0 Å². The van der Waals surface area contributed by atoms with Gasteiger partial charge in [0.2, 0.25) is 5.91 Å². The molecule has 1 unspecified atom stereocenters. The molecule has 0 bridgehead atoms. The summed E-state index contributed by atoms with van der Waals surface area (Å²) < 4.78 is 13.7. The zero-order chi connectivity index (χ0) is 13.8. The van der Waals surface area contributed by atoms with E-state index in [1.165, 1.54) is 12.1 Å². The van der Waals surface area contributed by atoms with Crippen LogP contribution < -0.4 is 11.1 Å². The Balaban J connectivity index is 2.26. The van der Waals surface area contributed by atoms with Gasteiger partial charge in [-0.15, -0.1) is 0 Å². The molecule has 98 valence electrons. The summed E-state index contributed by atoms with van der Waals surface area (Å²) >= 11 is 3.35. The highest BCUT2D eigenvalue weighted by molar-refractivity contribution is 9.10. The SMILES string of the molecule is NC(=O)C(Nc1ccc(F)cc1)c1cccc(Br)c1. The second-order valence-corrected chi connectivity index (χ2v) is 4.96. The molecular formula is C14H12BrFN2O. The number of nitrogens with two attached hydrogens (primary N) is 1. The Kier molecular flexibility index (Phi) is 4.16. The molecule has 0 aliphatic carbocycles. The molecule has 0 aliphatic rings. The molecule has 2 aromatic carbocycles. The largest absolute Gasteiger partial charge is 0.370 e. The van der Waals surface area contributed by atoms with E-state index in [1.54, 1.807) is 18.2 Å². The zero-order valence-electron chi connectivity index (χ0n) is 9.94. The molecule has 0 radical (unpaired) electrons. The molecule has 0 saturated carbocycles. The molecule has 0 aromatic heterocycles. The first-order valence-corrected chi connectivity index (χ1v) is 6.42. The second-order valence-electron chi connectivity index (χ2n) is 4.04. The first-order valence-electron chi connectivity index (χ1n) is 5.63. The van der Waals surface area contributed by atoms with Gasteiger partial charge in [0.05, 0.1) is 0 Å². The quantitative estimate of drug-likeness (QED) is 0.908. The van der Waals surface area contributed by atoms with Gasteiger partial charge in [0.25, 0.3) is 0 Å². The molecule has 0 fully saturated rings. The van der Waals surface area contributed by atoms with Crippen LogP contribution in [0.3, 0.4) is 0 Å². The summed E-state index contributed by atoms with van der Waals surface area (Å²) in [5.74, 6) is -0.828. The standard InChI is InChI=1S/C14H12BrFN2O/c15-10-3-1-2-9(8-10)13(14(17)19)18-12-6-4-11(16)5-7-12/h1-8,13,18H,(H2,17,19). The van der Waals surface area contributed by atoms with Crippen molar-refractivity contribution in [2.45, 2.75) is 6.04 Å². The fourth-order valence-electron chi connectivity index (χ4n) is 1.72. The maximum absolute atomic E-state index is 12.8. The molecule has 2 rings (SSSR count). The van der Waals surface area contributed by atoms with Crippen molar-refractivity contribution in [3.05, 3.63) is 64.4 Å². The van der Waals surface area contributed by atoms with Crippen molar-refractivity contribution in [1.82, 2.24) is 0 Å². The van der Waals surface area contributed by atoms with E-state index in [-0.39, 0.29) is 5.82 Å². The van der Waals surface area contributed by atoms with Crippen LogP contribution in [0.5, 0.6) is 0 Å². The molecular weight excluding hydrogens is 311 g/mol. The van der Waals surface area contributed by atoms with E-state index < -0.39 is 11.9 Å². The Morgan fingerprint density at radius 2 is 1.89 bits per heavy atom. The van der Waals surface area contributed by atoms with Gasteiger partial charge in [-0.25, -0.2) is 4.39 Å². The van der Waals surface area contributed by atoms with E-state index in [9.17, 15) is 9.18 Å². The Morgan fingerprint density at radius 3 is 2.47 bits per heavy atom. The summed E-state index contributed by atoms with van der Waals surface area (Å²) in [7, 11) is 0. The number of carbonyl (C=O) groups excluding carboxylic acids is 1. The first kappa shape index (κ1) is 13.5. The lowest BCUT2D eigenvalue weighted by Crippen LogP contribution is -2.27. The van der Waals surface area contributed by atoms with Crippen LogP contribution in [0.4, 0.5) is 10.1 Å². The molecule has 1 atom stereocenters. The van der Waals surface area contributed by atoms with Crippen LogP contribution in [0.2, 0.25) is 0 Å². The number of hydrogen-bond acceptors (Lipinski definition) is 2. The molecule has 3 nitrogen and oxygen atoms in total. The highest BCUT2D eigenvalue weighted by Crippen LogP contribution is 2.22. The van der Waals surface area contributed by atoms with Crippen molar-refractivity contribution >= 4 is 27.5 Å². The molecule has 2 aromatic rings. The first-order chi connectivity index (χ1) is 9.06. The van der Waals surface area contributed by atoms with Crippen LogP contribution in [0.1, 0.15) is 11.6 Å². The maximum Gasteiger partial charge on any atom is 0.244 e. The fourth-order valence-corrected chi connectivity index (χ4v) is 2.13. The van der Waals surface area contributed by atoms with E-state index in [0.717, 1.165) is 10.0 Å². The summed E-state index contributed by atoms with van der Waals surface area (Å²) in [6.45, 7) is 0. The number of carbonyl (C=O) groups is 1. The van der Waals surface area contributed by atoms with Gasteiger partial charge in [-0.2, -0.15) is 0 Å². The van der Waals surface area contributed by atoms with Crippen molar-refractivity contribution in [3.63, 3.8) is 0 Å². The maximum atomic E-state index is 12.8. The Hall–Kier alpha value is -1.88. The minimum atomic E-state index is -0.664. The van der Waals surface area contributed by atoms with Crippen LogP contribution in [0.25, 0.3) is 0 Å². The van der Waals surface area contributed by atoms with Crippen molar-refractivity contribution in [1.29, 1.82) is 0 Å². The average molecular weight is 323 g/mol. The highest BCUT2D eigenvalue weighted by Gasteiger charge is 2.17. The van der Waals surface area contributed by atoms with Crippen molar-refractivity contribution < 1.29 is 9.18 Å². The minimum absolute atomic E-state index is 0.330. The minimum Gasteiger partial charge on any atom is -0.370 e. The average Bonchev–Trinajstić information content (AvgIpc) is 2.37. The molecule has 1 amide bonds. The number of halogens is 2. The topological polar surface area (TPSA) is 55.1 Å². The number of hydrogen-bond donors (Lipinski definition) is 2. The molecule has 0 heterocycles. The molecule has 3 N–H and O–H groups in total. The van der Waals surface area contributed by atoms with Crippen LogP contribution in [-0.4, -0.2) is 5.91 Å². The monoisotopic (exact) mass is 322 g/mol. The summed E-state index contributed by atoms with van der Waals surface area (Å²) in [4.78, 5) is 11.6. The van der Waals surface area contributed by atoms with E-state index in [4.69, 9.17) is 5.73 Å². The zero-order valence-corrected chi connectivity index (χ0v) is 11.5. The highest BCUT2D eigenvalue weighted by atomic mass is 79.9. The summed E-state index contributed by atoms with van der Waals surface area (Å²) in [6.07, 6.45) is 0. The van der Waals surface area contributed by atoms with E-state index in [1.807, 2.05) is 18.2 Å². The van der Waals surface area contributed by atoms with Gasteiger partial charge in [-0.3, -0.25) is 4.79 Å². The fraction of sp³-hybridized carbons (Fsp3) is 0.0714. The third kappa shape index (κ3) is 3.54. The number of nitrogens with one attached hydrogen (secondary N) is 1. The smallest absolute Gasteiger partial charge is 0.244 e. The third-order valence-corrected chi connectivity index (χ3v) is 3.12. The van der Waals surface area contributed by atoms with Gasteiger partial charge in [0, 0.05) is 10.2 Å². The third-order valence-electron chi connectivity index (χ3n) is 2.62. The summed E-state index contributed by atoms with van der Waals surface area (Å²) in [6, 6.07) is 12.4. The Morgan fingerprint density at radius 1 is 1.21 bits per heavy atom. The second kappa shape index (κ2) is 5.84. The number of primary amides is 1. The predicted molar refractivity (Wildman–Crippen MR) is 76.1 cm³/mol. The van der Waals surface area contributed by atoms with Crippen LogP contribution in [-0.2, 0) is 4.79 Å². The lowest BCUT2D eigenvalue weighted by Gasteiger charge is -2.17. The Labute approximate surface area is 118 Å². The van der Waals surface area contributed by atoms with Gasteiger partial charge in [-0.05, 0) is 42.0 Å². The van der Waals surface area contributed by atoms with E-state index in [0.29, 0.717) is 5.69 Å². The number of anilines is 1. The molecule has 0 spiro atoms. The summed E-state index contributed by atoms with van der Waals surface area (Å²) in [5, 5.41) is 2.99. The van der Waals surface area contributed by atoms with Gasteiger partial charge in [-0.1, -0.05) is 28.1 Å². The number of benzene rings is 2. The van der Waals surface area contributed by atoms with E-state index >= 15 is 0 Å². The molecule has 19 heavy (non-hydrogen) atoms. The Bertz CT molecular complexity index is 586. The van der Waals surface area contributed by atoms with Crippen LogP contribution >= 0.6 is 15.9 Å². The van der Waals surface area contributed by atoms with Gasteiger partial charge in [0.15, 0.2) is 0 Å². The molecule has 0 saturated heterocycles. The molecule has 0 aliphatic heterocycles. The normalized spacial score (nSPS) is 11.9. The lowest BCUT2D eigenvalue weighted by atomic mass is 10.1. The van der Waals surface area contributed by atoms with E-state index in [2.05, 4.69) is 21.2 Å².